The molecule has 2 saturated heterocycles. The van der Waals surface area contributed by atoms with Crippen LogP contribution in [0.5, 0.6) is 0 Å². The molecule has 0 aliphatic carbocycles. The fraction of sp³-hybridized carbons (Fsp3) is 1.00. The molecule has 5 nitrogen and oxygen atoms in total. The third-order valence-electron chi connectivity index (χ3n) is 4.99. The zero-order valence-electron chi connectivity index (χ0n) is 14.0. The minimum atomic E-state index is -3.10. The van der Waals surface area contributed by atoms with E-state index in [9.17, 15) is 8.42 Å². The first-order chi connectivity index (χ1) is 9.82. The van der Waals surface area contributed by atoms with E-state index in [1.807, 2.05) is 0 Å². The van der Waals surface area contributed by atoms with Gasteiger partial charge in [-0.1, -0.05) is 0 Å². The standard InChI is InChI=1S/C15H31N3O2S/c1-13(2)16-7-5-15(6-8-16)21(19,20)18-11-9-17(10-12-18)14(3)4/h13-15H,5-12H2,1-4H3. The van der Waals surface area contributed by atoms with Crippen molar-refractivity contribution >= 4 is 10.0 Å². The summed E-state index contributed by atoms with van der Waals surface area (Å²) >= 11 is 0. The molecule has 0 aromatic carbocycles. The second-order valence-electron chi connectivity index (χ2n) is 6.90. The summed E-state index contributed by atoms with van der Waals surface area (Å²) in [6.07, 6.45) is 1.57. The molecule has 21 heavy (non-hydrogen) atoms. The summed E-state index contributed by atoms with van der Waals surface area (Å²) in [4.78, 5) is 4.73. The van der Waals surface area contributed by atoms with E-state index in [2.05, 4.69) is 37.5 Å². The summed E-state index contributed by atoms with van der Waals surface area (Å²) in [6.45, 7) is 13.6. The van der Waals surface area contributed by atoms with Crippen LogP contribution >= 0.6 is 0 Å². The van der Waals surface area contributed by atoms with Crippen molar-refractivity contribution in [3.05, 3.63) is 0 Å². The molecular formula is C15H31N3O2S. The predicted octanol–water partition coefficient (Wildman–Crippen LogP) is 1.22. The highest BCUT2D eigenvalue weighted by Gasteiger charge is 2.36. The Hall–Kier alpha value is -0.170. The van der Waals surface area contributed by atoms with Gasteiger partial charge in [0.15, 0.2) is 0 Å². The number of rotatable bonds is 4. The average molecular weight is 317 g/mol. The lowest BCUT2D eigenvalue weighted by molar-refractivity contribution is 0.150. The topological polar surface area (TPSA) is 43.9 Å². The molecule has 0 aromatic heterocycles. The van der Waals surface area contributed by atoms with Gasteiger partial charge in [0.2, 0.25) is 10.0 Å². The second-order valence-corrected chi connectivity index (χ2v) is 9.12. The van der Waals surface area contributed by atoms with Crippen molar-refractivity contribution in [2.24, 2.45) is 0 Å². The predicted molar refractivity (Wildman–Crippen MR) is 86.9 cm³/mol. The van der Waals surface area contributed by atoms with Gasteiger partial charge in [-0.25, -0.2) is 8.42 Å². The lowest BCUT2D eigenvalue weighted by Gasteiger charge is -2.40. The molecule has 124 valence electrons. The second kappa shape index (κ2) is 6.94. The van der Waals surface area contributed by atoms with Crippen LogP contribution in [0.25, 0.3) is 0 Å². The summed E-state index contributed by atoms with van der Waals surface area (Å²) in [5.74, 6) is 0. The summed E-state index contributed by atoms with van der Waals surface area (Å²) < 4.78 is 27.3. The summed E-state index contributed by atoms with van der Waals surface area (Å²) in [7, 11) is -3.10. The molecule has 2 heterocycles. The maximum absolute atomic E-state index is 12.8. The molecule has 0 spiro atoms. The van der Waals surface area contributed by atoms with Crippen molar-refractivity contribution in [1.82, 2.24) is 14.1 Å². The highest BCUT2D eigenvalue weighted by Crippen LogP contribution is 2.23. The number of piperidine rings is 1. The Balaban J connectivity index is 1.91. The van der Waals surface area contributed by atoms with Crippen LogP contribution in [-0.4, -0.2) is 79.1 Å². The van der Waals surface area contributed by atoms with Crippen LogP contribution in [0, 0.1) is 0 Å². The Labute approximate surface area is 130 Å². The number of piperazine rings is 1. The van der Waals surface area contributed by atoms with Gasteiger partial charge in [-0.05, 0) is 53.6 Å². The minimum Gasteiger partial charge on any atom is -0.301 e. The molecule has 0 bridgehead atoms. The van der Waals surface area contributed by atoms with Gasteiger partial charge in [0.1, 0.15) is 0 Å². The molecular weight excluding hydrogens is 286 g/mol. The molecule has 2 fully saturated rings. The van der Waals surface area contributed by atoms with Gasteiger partial charge in [-0.15, -0.1) is 0 Å². The zero-order valence-corrected chi connectivity index (χ0v) is 14.8. The van der Waals surface area contributed by atoms with Crippen LogP contribution in [0.1, 0.15) is 40.5 Å². The number of hydrogen-bond donors (Lipinski definition) is 0. The zero-order chi connectivity index (χ0) is 15.6. The summed E-state index contributed by atoms with van der Waals surface area (Å²) in [5.41, 5.74) is 0. The first kappa shape index (κ1) is 17.2. The van der Waals surface area contributed by atoms with Crippen molar-refractivity contribution < 1.29 is 8.42 Å². The quantitative estimate of drug-likeness (QED) is 0.782. The SMILES string of the molecule is CC(C)N1CCC(S(=O)(=O)N2CCN(C(C)C)CC2)CC1. The summed E-state index contributed by atoms with van der Waals surface area (Å²) in [5, 5.41) is -0.168. The lowest BCUT2D eigenvalue weighted by atomic mass is 10.1. The molecule has 0 unspecified atom stereocenters. The van der Waals surface area contributed by atoms with E-state index in [4.69, 9.17) is 0 Å². The Bertz CT molecular complexity index is 386. The van der Waals surface area contributed by atoms with Crippen LogP contribution in [0.2, 0.25) is 0 Å². The molecule has 0 amide bonds. The molecule has 0 saturated carbocycles. The fourth-order valence-electron chi connectivity index (χ4n) is 3.38. The molecule has 2 aliphatic rings. The van der Waals surface area contributed by atoms with Gasteiger partial charge in [0.05, 0.1) is 5.25 Å². The van der Waals surface area contributed by atoms with E-state index in [0.717, 1.165) is 39.0 Å². The van der Waals surface area contributed by atoms with E-state index in [0.29, 0.717) is 25.2 Å². The maximum atomic E-state index is 12.8. The van der Waals surface area contributed by atoms with Crippen molar-refractivity contribution in [1.29, 1.82) is 0 Å². The molecule has 0 aromatic rings. The number of hydrogen-bond acceptors (Lipinski definition) is 4. The Morgan fingerprint density at radius 2 is 1.19 bits per heavy atom. The Kier molecular flexibility index (Phi) is 5.68. The van der Waals surface area contributed by atoms with Crippen LogP contribution in [0.15, 0.2) is 0 Å². The van der Waals surface area contributed by atoms with Gasteiger partial charge in [0.25, 0.3) is 0 Å². The fourth-order valence-corrected chi connectivity index (χ4v) is 5.28. The van der Waals surface area contributed by atoms with Crippen LogP contribution in [-0.2, 0) is 10.0 Å². The number of sulfonamides is 1. The largest absolute Gasteiger partial charge is 0.301 e. The highest BCUT2D eigenvalue weighted by molar-refractivity contribution is 7.89. The molecule has 0 N–H and O–H groups in total. The number of nitrogens with zero attached hydrogens (tertiary/aromatic N) is 3. The Morgan fingerprint density at radius 3 is 1.62 bits per heavy atom. The molecule has 2 aliphatic heterocycles. The summed E-state index contributed by atoms with van der Waals surface area (Å²) in [6, 6.07) is 1.02. The average Bonchev–Trinajstić information content (AvgIpc) is 2.47. The van der Waals surface area contributed by atoms with E-state index in [1.54, 1.807) is 4.31 Å². The molecule has 2 rings (SSSR count). The van der Waals surface area contributed by atoms with Crippen molar-refractivity contribution in [2.75, 3.05) is 39.3 Å². The van der Waals surface area contributed by atoms with Crippen molar-refractivity contribution in [2.45, 2.75) is 57.9 Å². The first-order valence-electron chi connectivity index (χ1n) is 8.29. The minimum absolute atomic E-state index is 0.168. The monoisotopic (exact) mass is 317 g/mol. The van der Waals surface area contributed by atoms with Gasteiger partial charge in [0, 0.05) is 38.3 Å². The van der Waals surface area contributed by atoms with Gasteiger partial charge in [-0.2, -0.15) is 4.31 Å². The smallest absolute Gasteiger partial charge is 0.217 e. The third-order valence-corrected chi connectivity index (χ3v) is 7.39. The van der Waals surface area contributed by atoms with E-state index in [-0.39, 0.29) is 5.25 Å². The van der Waals surface area contributed by atoms with Crippen LogP contribution < -0.4 is 0 Å². The number of likely N-dealkylation sites (tertiary alicyclic amines) is 1. The van der Waals surface area contributed by atoms with Crippen molar-refractivity contribution in [3.8, 4) is 0 Å². The van der Waals surface area contributed by atoms with E-state index >= 15 is 0 Å². The molecule has 0 atom stereocenters. The van der Waals surface area contributed by atoms with Crippen LogP contribution in [0.3, 0.4) is 0 Å². The van der Waals surface area contributed by atoms with Crippen molar-refractivity contribution in [3.63, 3.8) is 0 Å². The maximum Gasteiger partial charge on any atom is 0.217 e. The van der Waals surface area contributed by atoms with Gasteiger partial charge < -0.3 is 4.90 Å². The van der Waals surface area contributed by atoms with Gasteiger partial charge in [-0.3, -0.25) is 4.90 Å². The highest BCUT2D eigenvalue weighted by atomic mass is 32.2. The first-order valence-corrected chi connectivity index (χ1v) is 9.79. The molecule has 0 radical (unpaired) electrons. The van der Waals surface area contributed by atoms with E-state index in [1.165, 1.54) is 0 Å². The molecule has 6 heteroatoms. The van der Waals surface area contributed by atoms with Gasteiger partial charge >= 0.3 is 0 Å². The van der Waals surface area contributed by atoms with Crippen LogP contribution in [0.4, 0.5) is 0 Å². The lowest BCUT2D eigenvalue weighted by Crippen LogP contribution is -2.54. The normalized spacial score (nSPS) is 25.0. The van der Waals surface area contributed by atoms with E-state index < -0.39 is 10.0 Å². The third kappa shape index (κ3) is 3.97. The Morgan fingerprint density at radius 1 is 0.762 bits per heavy atom.